The van der Waals surface area contributed by atoms with Crippen molar-refractivity contribution < 1.29 is 19.1 Å². The summed E-state index contributed by atoms with van der Waals surface area (Å²) in [6, 6.07) is 6.99. The van der Waals surface area contributed by atoms with E-state index in [1.165, 1.54) is 12.0 Å². The molecule has 1 aromatic rings. The second kappa shape index (κ2) is 7.04. The first-order valence-corrected chi connectivity index (χ1v) is 7.10. The van der Waals surface area contributed by atoms with Gasteiger partial charge in [0.15, 0.2) is 11.7 Å². The van der Waals surface area contributed by atoms with Gasteiger partial charge in [0.2, 0.25) is 0 Å². The minimum Gasteiger partial charge on any atom is -0.482 e. The molecule has 0 spiro atoms. The normalized spacial score (nSPS) is 15.9. The number of hydrogen-bond donors (Lipinski definition) is 1. The van der Waals surface area contributed by atoms with Crippen LogP contribution in [-0.4, -0.2) is 42.2 Å². The molecule has 0 aromatic heterocycles. The minimum atomic E-state index is -0.444. The summed E-state index contributed by atoms with van der Waals surface area (Å²) >= 11 is 5.09. The Morgan fingerprint density at radius 2 is 2.05 bits per heavy atom. The molecule has 0 aliphatic carbocycles. The number of esters is 1. The van der Waals surface area contributed by atoms with Gasteiger partial charge in [0.1, 0.15) is 11.4 Å². The van der Waals surface area contributed by atoms with Crippen molar-refractivity contribution >= 4 is 35.3 Å². The molecule has 7 heteroatoms. The fraction of sp³-hybridized carbons (Fsp3) is 0.267. The third-order valence-corrected chi connectivity index (χ3v) is 3.38. The van der Waals surface area contributed by atoms with Crippen molar-refractivity contribution in [3.8, 4) is 5.75 Å². The number of ether oxygens (including phenoxy) is 2. The number of carbonyl (C=O) groups is 2. The molecule has 0 unspecified atom stereocenters. The fourth-order valence-corrected chi connectivity index (χ4v) is 2.21. The van der Waals surface area contributed by atoms with E-state index in [2.05, 4.69) is 10.1 Å². The van der Waals surface area contributed by atoms with Crippen molar-refractivity contribution in [3.05, 3.63) is 35.5 Å². The maximum Gasteiger partial charge on any atom is 0.343 e. The lowest BCUT2D eigenvalue weighted by Gasteiger charge is -2.08. The van der Waals surface area contributed by atoms with E-state index in [0.29, 0.717) is 23.1 Å². The number of nitrogens with one attached hydrogen (secondary N) is 1. The maximum absolute atomic E-state index is 12.1. The highest BCUT2D eigenvalue weighted by atomic mass is 32.1. The van der Waals surface area contributed by atoms with Crippen LogP contribution >= 0.6 is 12.2 Å². The zero-order valence-corrected chi connectivity index (χ0v) is 13.1. The average molecular weight is 320 g/mol. The third-order valence-electron chi connectivity index (χ3n) is 3.05. The highest BCUT2D eigenvalue weighted by Gasteiger charge is 2.28. The quantitative estimate of drug-likeness (QED) is 0.501. The van der Waals surface area contributed by atoms with Crippen LogP contribution in [0.3, 0.4) is 0 Å². The van der Waals surface area contributed by atoms with E-state index < -0.39 is 5.97 Å². The number of hydrogen-bond acceptors (Lipinski definition) is 5. The summed E-state index contributed by atoms with van der Waals surface area (Å²) in [5.74, 6) is -0.0393. The Bertz CT molecular complexity index is 625. The van der Waals surface area contributed by atoms with E-state index in [-0.39, 0.29) is 12.5 Å². The van der Waals surface area contributed by atoms with Crippen molar-refractivity contribution in [2.75, 3.05) is 20.3 Å². The molecule has 1 fully saturated rings. The van der Waals surface area contributed by atoms with Crippen LogP contribution in [0.2, 0.25) is 0 Å². The Kier molecular flexibility index (Phi) is 5.11. The zero-order valence-electron chi connectivity index (χ0n) is 12.3. The Labute approximate surface area is 133 Å². The molecule has 116 valence electrons. The summed E-state index contributed by atoms with van der Waals surface area (Å²) in [6.45, 7) is 2.25. The van der Waals surface area contributed by atoms with Gasteiger partial charge in [-0.15, -0.1) is 0 Å². The number of rotatable bonds is 5. The summed E-state index contributed by atoms with van der Waals surface area (Å²) < 4.78 is 9.74. The first-order valence-electron chi connectivity index (χ1n) is 6.69. The molecular formula is C15H16N2O4S. The summed E-state index contributed by atoms with van der Waals surface area (Å²) in [7, 11) is 1.30. The number of amides is 1. The molecule has 0 radical (unpaired) electrons. The molecule has 1 aliphatic rings. The number of methoxy groups -OCH3 is 1. The van der Waals surface area contributed by atoms with Crippen molar-refractivity contribution in [3.63, 3.8) is 0 Å². The van der Waals surface area contributed by atoms with Crippen LogP contribution in [0.1, 0.15) is 12.5 Å². The number of thiocarbonyl (C=S) groups is 1. The molecule has 22 heavy (non-hydrogen) atoms. The largest absolute Gasteiger partial charge is 0.482 e. The summed E-state index contributed by atoms with van der Waals surface area (Å²) in [5.41, 5.74) is 1.26. The van der Waals surface area contributed by atoms with E-state index >= 15 is 0 Å². The average Bonchev–Trinajstić information content (AvgIpc) is 2.79. The van der Waals surface area contributed by atoms with Gasteiger partial charge < -0.3 is 14.8 Å². The highest BCUT2D eigenvalue weighted by molar-refractivity contribution is 7.80. The van der Waals surface area contributed by atoms with Gasteiger partial charge in [-0.2, -0.15) is 0 Å². The number of likely N-dealkylation sites (N-methyl/N-ethyl adjacent to an activating group) is 1. The van der Waals surface area contributed by atoms with Gasteiger partial charge in [0, 0.05) is 6.54 Å². The summed E-state index contributed by atoms with van der Waals surface area (Å²) in [6.07, 6.45) is 1.72. The van der Waals surface area contributed by atoms with E-state index in [9.17, 15) is 9.59 Å². The molecule has 1 N–H and O–H groups in total. The second-order valence-electron chi connectivity index (χ2n) is 4.47. The first kappa shape index (κ1) is 16.0. The third kappa shape index (κ3) is 3.62. The van der Waals surface area contributed by atoms with Crippen molar-refractivity contribution in [2.24, 2.45) is 0 Å². The molecule has 1 saturated heterocycles. The topological polar surface area (TPSA) is 67.9 Å². The SMILES string of the molecule is CCN1C(=O)/C(=C/c2ccc(OCC(=O)OC)cc2)NC1=S. The number of nitrogens with zero attached hydrogens (tertiary/aromatic N) is 1. The smallest absolute Gasteiger partial charge is 0.343 e. The van der Waals surface area contributed by atoms with Crippen LogP contribution in [0, 0.1) is 0 Å². The maximum atomic E-state index is 12.1. The second-order valence-corrected chi connectivity index (χ2v) is 4.86. The van der Waals surface area contributed by atoms with Crippen molar-refractivity contribution in [1.29, 1.82) is 0 Å². The molecule has 0 saturated carbocycles. The number of carbonyl (C=O) groups excluding carboxylic acids is 2. The fourth-order valence-electron chi connectivity index (χ4n) is 1.89. The van der Waals surface area contributed by atoms with Gasteiger partial charge in [-0.25, -0.2) is 4.79 Å². The molecule has 0 bridgehead atoms. The van der Waals surface area contributed by atoms with Gasteiger partial charge in [0.05, 0.1) is 7.11 Å². The molecule has 1 amide bonds. The van der Waals surface area contributed by atoms with Crippen molar-refractivity contribution in [1.82, 2.24) is 10.2 Å². The van der Waals surface area contributed by atoms with E-state index in [1.807, 2.05) is 6.92 Å². The van der Waals surface area contributed by atoms with Crippen LogP contribution in [0.15, 0.2) is 30.0 Å². The van der Waals surface area contributed by atoms with Crippen molar-refractivity contribution in [2.45, 2.75) is 6.92 Å². The van der Waals surface area contributed by atoms with Gasteiger partial charge in [-0.3, -0.25) is 9.69 Å². The molecule has 2 rings (SSSR count). The van der Waals surface area contributed by atoms with Crippen LogP contribution in [0.4, 0.5) is 0 Å². The van der Waals surface area contributed by atoms with E-state index in [0.717, 1.165) is 5.56 Å². The van der Waals surface area contributed by atoms with E-state index in [1.54, 1.807) is 30.3 Å². The minimum absolute atomic E-state index is 0.140. The van der Waals surface area contributed by atoms with Crippen LogP contribution < -0.4 is 10.1 Å². The lowest BCUT2D eigenvalue weighted by atomic mass is 10.2. The van der Waals surface area contributed by atoms with Gasteiger partial charge in [0.25, 0.3) is 5.91 Å². The van der Waals surface area contributed by atoms with Gasteiger partial charge >= 0.3 is 5.97 Å². The molecule has 6 nitrogen and oxygen atoms in total. The van der Waals surface area contributed by atoms with Gasteiger partial charge in [-0.05, 0) is 42.9 Å². The number of benzene rings is 1. The lowest BCUT2D eigenvalue weighted by molar-refractivity contribution is -0.142. The Morgan fingerprint density at radius 3 is 2.59 bits per heavy atom. The molecule has 1 aromatic carbocycles. The Hall–Kier alpha value is -2.41. The predicted molar refractivity (Wildman–Crippen MR) is 85.1 cm³/mol. The highest BCUT2D eigenvalue weighted by Crippen LogP contribution is 2.17. The van der Waals surface area contributed by atoms with Crippen LogP contribution in [0.25, 0.3) is 6.08 Å². The Balaban J connectivity index is 2.05. The molecule has 1 heterocycles. The standard InChI is InChI=1S/C15H16N2O4S/c1-3-17-14(19)12(16-15(17)22)8-10-4-6-11(7-5-10)21-9-13(18)20-2/h4-8H,3,9H2,1-2H3,(H,16,22)/b12-8-. The van der Waals surface area contributed by atoms with Gasteiger partial charge in [-0.1, -0.05) is 12.1 Å². The van der Waals surface area contributed by atoms with E-state index in [4.69, 9.17) is 17.0 Å². The first-order chi connectivity index (χ1) is 10.5. The summed E-state index contributed by atoms with van der Waals surface area (Å²) in [4.78, 5) is 24.5. The molecule has 0 atom stereocenters. The molecular weight excluding hydrogens is 304 g/mol. The predicted octanol–water partition coefficient (Wildman–Crippen LogP) is 1.32. The monoisotopic (exact) mass is 320 g/mol. The Morgan fingerprint density at radius 1 is 1.36 bits per heavy atom. The van der Waals surface area contributed by atoms with Crippen LogP contribution in [-0.2, 0) is 14.3 Å². The molecule has 1 aliphatic heterocycles. The van der Waals surface area contributed by atoms with Crippen LogP contribution in [0.5, 0.6) is 5.75 Å². The lowest BCUT2D eigenvalue weighted by Crippen LogP contribution is -2.30. The zero-order chi connectivity index (χ0) is 16.1. The summed E-state index contributed by atoms with van der Waals surface area (Å²) in [5, 5.41) is 3.31.